The Bertz CT molecular complexity index is 571. The molecule has 5 nitrogen and oxygen atoms in total. The maximum absolute atomic E-state index is 11.7. The molecule has 8 aliphatic rings. The van der Waals surface area contributed by atoms with Gasteiger partial charge in [0.25, 0.3) is 0 Å². The largest absolute Gasteiger partial charge is 0.351 e. The summed E-state index contributed by atoms with van der Waals surface area (Å²) in [6, 6.07) is -0.570. The molecular weight excluding hydrogens is 336 g/mol. The average molecular weight is 371 g/mol. The van der Waals surface area contributed by atoms with Crippen molar-refractivity contribution in [1.82, 2.24) is 10.2 Å². The van der Waals surface area contributed by atoms with Crippen LogP contribution in [0.4, 0.5) is 4.79 Å². The van der Waals surface area contributed by atoms with Crippen molar-refractivity contribution in [3.05, 3.63) is 0 Å². The van der Waals surface area contributed by atoms with Crippen LogP contribution in [-0.2, 0) is 0 Å². The number of amides is 2. The van der Waals surface area contributed by atoms with E-state index in [1.165, 1.54) is 77.0 Å². The summed E-state index contributed by atoms with van der Waals surface area (Å²) in [5, 5.41) is 11.7. The summed E-state index contributed by atoms with van der Waals surface area (Å²) in [5.41, 5.74) is 5.72. The van der Waals surface area contributed by atoms with Crippen LogP contribution in [0.3, 0.4) is 0 Å². The van der Waals surface area contributed by atoms with E-state index in [4.69, 9.17) is 11.1 Å². The molecule has 0 atom stereocenters. The third kappa shape index (κ3) is 2.42. The maximum Gasteiger partial charge on any atom is 0.318 e. The molecule has 27 heavy (non-hydrogen) atoms. The van der Waals surface area contributed by atoms with Crippen LogP contribution in [0.15, 0.2) is 0 Å². The second-order valence-corrected chi connectivity index (χ2v) is 11.5. The molecule has 8 bridgehead atoms. The van der Waals surface area contributed by atoms with Gasteiger partial charge in [-0.1, -0.05) is 0 Å². The first kappa shape index (κ1) is 16.7. The van der Waals surface area contributed by atoms with Gasteiger partial charge in [0.05, 0.1) is 0 Å². The molecule has 8 saturated carbocycles. The summed E-state index contributed by atoms with van der Waals surface area (Å²) >= 11 is 0. The summed E-state index contributed by atoms with van der Waals surface area (Å²) in [6.45, 7) is 0. The Balaban J connectivity index is 1.42. The molecule has 0 aromatic carbocycles. The molecule has 0 aromatic rings. The number of nitrogens with two attached hydrogens (primary N) is 1. The van der Waals surface area contributed by atoms with E-state index < -0.39 is 6.03 Å². The number of carbonyl (C=O) groups excluding carboxylic acids is 1. The predicted molar refractivity (Wildman–Crippen MR) is 104 cm³/mol. The SMILES string of the molecule is N=C(NC(N)=O)N(C12CC3CC(CC(C3)C1)C2)C12CC3CC(CC(C3)C1)C2. The van der Waals surface area contributed by atoms with Crippen LogP contribution in [0.2, 0.25) is 0 Å². The second-order valence-electron chi connectivity index (χ2n) is 11.5. The van der Waals surface area contributed by atoms with Crippen molar-refractivity contribution in [1.29, 1.82) is 5.41 Å². The lowest BCUT2D eigenvalue weighted by Crippen LogP contribution is -2.73. The fourth-order valence-corrected chi connectivity index (χ4v) is 9.83. The van der Waals surface area contributed by atoms with Crippen molar-refractivity contribution < 1.29 is 4.79 Å². The standard InChI is InChI=1S/C22H34N4O/c23-19(25-20(24)27)26(21-7-13-1-14(8-21)3-15(2-13)9-21)22-10-16-4-17(11-22)6-18(5-16)12-22/h13-18H,1-12H2,(H4,23,24,25,27). The molecule has 0 radical (unpaired) electrons. The van der Waals surface area contributed by atoms with E-state index in [9.17, 15) is 4.79 Å². The summed E-state index contributed by atoms with van der Waals surface area (Å²) in [4.78, 5) is 14.2. The highest BCUT2D eigenvalue weighted by Crippen LogP contribution is 2.64. The maximum atomic E-state index is 11.7. The normalized spacial score (nSPS) is 51.4. The van der Waals surface area contributed by atoms with E-state index in [1.807, 2.05) is 0 Å². The van der Waals surface area contributed by atoms with Crippen LogP contribution in [-0.4, -0.2) is 28.0 Å². The molecule has 2 amide bonds. The molecule has 8 aliphatic carbocycles. The molecular formula is C22H34N4O. The highest BCUT2D eigenvalue weighted by Gasteiger charge is 2.62. The Labute approximate surface area is 162 Å². The molecule has 0 saturated heterocycles. The number of hydrogen-bond donors (Lipinski definition) is 3. The number of urea groups is 1. The summed E-state index contributed by atoms with van der Waals surface area (Å²) in [7, 11) is 0. The summed E-state index contributed by atoms with van der Waals surface area (Å²) in [6.07, 6.45) is 15.9. The monoisotopic (exact) mass is 370 g/mol. The minimum absolute atomic E-state index is 0.111. The summed E-state index contributed by atoms with van der Waals surface area (Å²) in [5.74, 6) is 5.38. The number of rotatable bonds is 2. The summed E-state index contributed by atoms with van der Waals surface area (Å²) < 4.78 is 0. The molecule has 4 N–H and O–H groups in total. The van der Waals surface area contributed by atoms with E-state index in [0.717, 1.165) is 35.5 Å². The smallest absolute Gasteiger partial charge is 0.318 e. The Morgan fingerprint density at radius 2 is 1.04 bits per heavy atom. The minimum atomic E-state index is -0.570. The van der Waals surface area contributed by atoms with Crippen molar-refractivity contribution >= 4 is 12.0 Å². The second kappa shape index (κ2) is 5.42. The Hall–Kier alpha value is -1.26. The van der Waals surface area contributed by atoms with Crippen molar-refractivity contribution in [3.63, 3.8) is 0 Å². The lowest BCUT2D eigenvalue weighted by molar-refractivity contribution is -0.147. The van der Waals surface area contributed by atoms with E-state index in [1.54, 1.807) is 0 Å². The highest BCUT2D eigenvalue weighted by molar-refractivity contribution is 5.94. The number of guanidine groups is 1. The molecule has 0 aromatic heterocycles. The van der Waals surface area contributed by atoms with Gasteiger partial charge in [-0.2, -0.15) is 0 Å². The Morgan fingerprint density at radius 1 is 0.741 bits per heavy atom. The molecule has 0 unspecified atom stereocenters. The number of nitrogens with zero attached hydrogens (tertiary/aromatic N) is 1. The van der Waals surface area contributed by atoms with Crippen LogP contribution < -0.4 is 11.1 Å². The van der Waals surface area contributed by atoms with Gasteiger partial charge in [0.1, 0.15) is 0 Å². The molecule has 0 heterocycles. The fraction of sp³-hybridized carbons (Fsp3) is 0.909. The van der Waals surface area contributed by atoms with Gasteiger partial charge in [-0.15, -0.1) is 0 Å². The van der Waals surface area contributed by atoms with Gasteiger partial charge in [-0.05, 0) is 113 Å². The quantitative estimate of drug-likeness (QED) is 0.510. The first-order valence-corrected chi connectivity index (χ1v) is 11.4. The van der Waals surface area contributed by atoms with Crippen molar-refractivity contribution in [2.24, 2.45) is 41.2 Å². The molecule has 8 fully saturated rings. The van der Waals surface area contributed by atoms with Gasteiger partial charge in [0.2, 0.25) is 0 Å². The lowest BCUT2D eigenvalue weighted by atomic mass is 9.48. The van der Waals surface area contributed by atoms with Crippen LogP contribution in [0, 0.1) is 40.9 Å². The Kier molecular flexibility index (Phi) is 3.34. The van der Waals surface area contributed by atoms with Gasteiger partial charge in [-0.3, -0.25) is 10.7 Å². The minimum Gasteiger partial charge on any atom is -0.351 e. The number of hydrogen-bond acceptors (Lipinski definition) is 2. The van der Waals surface area contributed by atoms with E-state index >= 15 is 0 Å². The zero-order chi connectivity index (χ0) is 18.4. The molecule has 8 rings (SSSR count). The third-order valence-electron chi connectivity index (χ3n) is 9.43. The van der Waals surface area contributed by atoms with Gasteiger partial charge in [-0.25, -0.2) is 4.79 Å². The van der Waals surface area contributed by atoms with Crippen molar-refractivity contribution in [3.8, 4) is 0 Å². The highest BCUT2D eigenvalue weighted by atomic mass is 16.2. The number of carbonyl (C=O) groups is 1. The lowest BCUT2D eigenvalue weighted by Gasteiger charge is -2.69. The van der Waals surface area contributed by atoms with Gasteiger partial charge in [0, 0.05) is 11.1 Å². The van der Waals surface area contributed by atoms with Crippen molar-refractivity contribution in [2.45, 2.75) is 88.1 Å². The van der Waals surface area contributed by atoms with Gasteiger partial charge in [0.15, 0.2) is 5.96 Å². The Morgan fingerprint density at radius 3 is 1.30 bits per heavy atom. The molecule has 5 heteroatoms. The van der Waals surface area contributed by atoms with Gasteiger partial charge < -0.3 is 10.6 Å². The predicted octanol–water partition coefficient (Wildman–Crippen LogP) is 3.83. The zero-order valence-electron chi connectivity index (χ0n) is 16.4. The zero-order valence-corrected chi connectivity index (χ0v) is 16.4. The van der Waals surface area contributed by atoms with Gasteiger partial charge >= 0.3 is 6.03 Å². The molecule has 0 aliphatic heterocycles. The third-order valence-corrected chi connectivity index (χ3v) is 9.43. The fourth-order valence-electron chi connectivity index (χ4n) is 9.83. The first-order valence-electron chi connectivity index (χ1n) is 11.4. The van der Waals surface area contributed by atoms with E-state index in [2.05, 4.69) is 10.2 Å². The average Bonchev–Trinajstić information content (AvgIpc) is 2.50. The first-order chi connectivity index (χ1) is 12.9. The van der Waals surface area contributed by atoms with Crippen LogP contribution >= 0.6 is 0 Å². The molecule has 148 valence electrons. The van der Waals surface area contributed by atoms with Crippen LogP contribution in [0.1, 0.15) is 77.0 Å². The van der Waals surface area contributed by atoms with Crippen LogP contribution in [0.25, 0.3) is 0 Å². The van der Waals surface area contributed by atoms with Crippen molar-refractivity contribution in [2.75, 3.05) is 0 Å². The number of nitrogens with one attached hydrogen (secondary N) is 2. The molecule has 0 spiro atoms. The van der Waals surface area contributed by atoms with E-state index in [-0.39, 0.29) is 11.1 Å². The topological polar surface area (TPSA) is 82.2 Å². The van der Waals surface area contributed by atoms with E-state index in [0.29, 0.717) is 5.96 Å². The van der Waals surface area contributed by atoms with Crippen LogP contribution in [0.5, 0.6) is 0 Å². The number of primary amides is 1.